The highest BCUT2D eigenvalue weighted by molar-refractivity contribution is 6.32. The maximum atomic E-state index is 13.4. The Balaban J connectivity index is 1.92. The van der Waals surface area contributed by atoms with Crippen molar-refractivity contribution in [1.82, 2.24) is 4.98 Å². The molecule has 1 aromatic heterocycles. The lowest BCUT2D eigenvalue weighted by Gasteiger charge is -2.30. The van der Waals surface area contributed by atoms with Crippen LogP contribution in [0.3, 0.4) is 0 Å². The fourth-order valence-corrected chi connectivity index (χ4v) is 3.14. The fraction of sp³-hybridized carbons (Fsp3) is 0.421. The molecule has 3 rings (SSSR count). The van der Waals surface area contributed by atoms with Gasteiger partial charge >= 0.3 is 6.18 Å². The van der Waals surface area contributed by atoms with Crippen LogP contribution in [0.25, 0.3) is 11.1 Å². The number of alkyl halides is 3. The summed E-state index contributed by atoms with van der Waals surface area (Å²) in [5.74, 6) is 0.987. The van der Waals surface area contributed by atoms with Crippen LogP contribution >= 0.6 is 11.6 Å². The topological polar surface area (TPSA) is 31.4 Å². The first-order valence-corrected chi connectivity index (χ1v) is 8.79. The summed E-state index contributed by atoms with van der Waals surface area (Å²) < 4.78 is 51.1. The van der Waals surface area contributed by atoms with Crippen molar-refractivity contribution in [2.75, 3.05) is 6.61 Å². The van der Waals surface area contributed by atoms with Gasteiger partial charge in [0.05, 0.1) is 11.6 Å². The Bertz CT molecular complexity index is 793. The molecule has 0 saturated carbocycles. The molecule has 1 aromatic carbocycles. The molecule has 1 aliphatic rings. The van der Waals surface area contributed by atoms with E-state index in [0.29, 0.717) is 34.4 Å². The van der Waals surface area contributed by atoms with Gasteiger partial charge in [0.1, 0.15) is 11.5 Å². The van der Waals surface area contributed by atoms with Crippen LogP contribution in [0.2, 0.25) is 5.02 Å². The number of hydrogen-bond acceptors (Lipinski definition) is 3. The summed E-state index contributed by atoms with van der Waals surface area (Å²) in [7, 11) is 0. The second-order valence-electron chi connectivity index (χ2n) is 6.67. The zero-order valence-corrected chi connectivity index (χ0v) is 15.2. The lowest BCUT2D eigenvalue weighted by Crippen LogP contribution is -2.29. The van der Waals surface area contributed by atoms with Crippen LogP contribution in [0.4, 0.5) is 13.2 Å². The van der Waals surface area contributed by atoms with E-state index in [1.165, 1.54) is 24.5 Å². The Morgan fingerprint density at radius 2 is 2.04 bits per heavy atom. The molecule has 1 atom stereocenters. The maximum absolute atomic E-state index is 13.4. The van der Waals surface area contributed by atoms with Crippen LogP contribution < -0.4 is 9.47 Å². The number of fused-ring (bicyclic) bond motifs is 3. The van der Waals surface area contributed by atoms with Crippen LogP contribution in [0.15, 0.2) is 30.6 Å². The van der Waals surface area contributed by atoms with E-state index in [2.05, 4.69) is 18.8 Å². The van der Waals surface area contributed by atoms with Crippen molar-refractivity contribution in [2.24, 2.45) is 5.92 Å². The van der Waals surface area contributed by atoms with E-state index in [1.54, 1.807) is 6.07 Å². The SMILES string of the molecule is CC(C)CCCOc1cc2c(cc1Cl)-c1ccncc1C(C(F)(F)F)O2. The molecule has 0 fully saturated rings. The van der Waals surface area contributed by atoms with Crippen LogP contribution in [0.1, 0.15) is 38.4 Å². The highest BCUT2D eigenvalue weighted by atomic mass is 35.5. The van der Waals surface area contributed by atoms with E-state index in [1.807, 2.05) is 0 Å². The number of halogens is 4. The van der Waals surface area contributed by atoms with Crippen molar-refractivity contribution in [3.63, 3.8) is 0 Å². The maximum Gasteiger partial charge on any atom is 0.429 e. The minimum absolute atomic E-state index is 0.0193. The van der Waals surface area contributed by atoms with Crippen molar-refractivity contribution in [1.29, 1.82) is 0 Å². The van der Waals surface area contributed by atoms with Gasteiger partial charge in [0.15, 0.2) is 0 Å². The average molecular weight is 386 g/mol. The molecule has 7 heteroatoms. The molecular formula is C19H19ClF3NO2. The van der Waals surface area contributed by atoms with Crippen molar-refractivity contribution in [3.8, 4) is 22.6 Å². The summed E-state index contributed by atoms with van der Waals surface area (Å²) >= 11 is 6.28. The van der Waals surface area contributed by atoms with Crippen molar-refractivity contribution in [3.05, 3.63) is 41.2 Å². The molecule has 140 valence electrons. The third kappa shape index (κ3) is 3.90. The molecule has 2 heterocycles. The largest absolute Gasteiger partial charge is 0.492 e. The van der Waals surface area contributed by atoms with Crippen LogP contribution in [-0.2, 0) is 0 Å². The molecule has 0 aliphatic carbocycles. The minimum Gasteiger partial charge on any atom is -0.492 e. The van der Waals surface area contributed by atoms with Gasteiger partial charge < -0.3 is 9.47 Å². The van der Waals surface area contributed by atoms with Gasteiger partial charge in [-0.25, -0.2) is 0 Å². The van der Waals surface area contributed by atoms with Gasteiger partial charge in [0.2, 0.25) is 6.10 Å². The number of nitrogens with zero attached hydrogens (tertiary/aromatic N) is 1. The van der Waals surface area contributed by atoms with E-state index in [9.17, 15) is 13.2 Å². The zero-order chi connectivity index (χ0) is 18.9. The third-order valence-electron chi connectivity index (χ3n) is 4.18. The standard InChI is InChI=1S/C19H19ClF3NO2/c1-11(2)4-3-7-25-17-9-16-13(8-15(17)20)12-5-6-24-10-14(12)18(26-16)19(21,22)23/h5-6,8-11,18H,3-4,7H2,1-2H3. The Hall–Kier alpha value is -1.95. The predicted octanol–water partition coefficient (Wildman–Crippen LogP) is 6.21. The first kappa shape index (κ1) is 18.8. The number of rotatable bonds is 5. The normalized spacial score (nSPS) is 16.0. The predicted molar refractivity (Wildman–Crippen MR) is 93.7 cm³/mol. The Morgan fingerprint density at radius 1 is 1.27 bits per heavy atom. The van der Waals surface area contributed by atoms with Crippen molar-refractivity contribution < 1.29 is 22.6 Å². The smallest absolute Gasteiger partial charge is 0.429 e. The highest BCUT2D eigenvalue weighted by Gasteiger charge is 2.46. The fourth-order valence-electron chi connectivity index (χ4n) is 2.92. The van der Waals surface area contributed by atoms with Crippen LogP contribution in [0, 0.1) is 5.92 Å². The zero-order valence-electron chi connectivity index (χ0n) is 14.4. The van der Waals surface area contributed by atoms with E-state index in [-0.39, 0.29) is 11.3 Å². The van der Waals surface area contributed by atoms with Gasteiger partial charge in [-0.3, -0.25) is 4.98 Å². The molecule has 2 aromatic rings. The summed E-state index contributed by atoms with van der Waals surface area (Å²) in [5.41, 5.74) is 0.897. The number of ether oxygens (including phenoxy) is 2. The molecule has 0 bridgehead atoms. The van der Waals surface area contributed by atoms with Gasteiger partial charge in [-0.1, -0.05) is 25.4 Å². The summed E-state index contributed by atoms with van der Waals surface area (Å²) in [6, 6.07) is 4.56. The molecule has 1 aliphatic heterocycles. The second kappa shape index (κ2) is 7.35. The highest BCUT2D eigenvalue weighted by Crippen LogP contribution is 2.50. The van der Waals surface area contributed by atoms with Crippen molar-refractivity contribution in [2.45, 2.75) is 39.0 Å². The molecule has 1 unspecified atom stereocenters. The Kier molecular flexibility index (Phi) is 5.32. The van der Waals surface area contributed by atoms with Gasteiger partial charge in [-0.2, -0.15) is 13.2 Å². The number of hydrogen-bond donors (Lipinski definition) is 0. The van der Waals surface area contributed by atoms with E-state index in [4.69, 9.17) is 21.1 Å². The monoisotopic (exact) mass is 385 g/mol. The average Bonchev–Trinajstić information content (AvgIpc) is 2.57. The molecule has 0 amide bonds. The first-order chi connectivity index (χ1) is 12.3. The molecule has 0 saturated heterocycles. The molecular weight excluding hydrogens is 367 g/mol. The minimum atomic E-state index is -4.55. The molecule has 0 spiro atoms. The summed E-state index contributed by atoms with van der Waals surface area (Å²) in [5, 5.41) is 0.338. The van der Waals surface area contributed by atoms with Gasteiger partial charge in [0, 0.05) is 29.6 Å². The number of benzene rings is 1. The van der Waals surface area contributed by atoms with E-state index < -0.39 is 12.3 Å². The summed E-state index contributed by atoms with van der Waals surface area (Å²) in [4.78, 5) is 3.80. The molecule has 26 heavy (non-hydrogen) atoms. The number of aromatic nitrogens is 1. The lowest BCUT2D eigenvalue weighted by atomic mass is 9.94. The Labute approximate surface area is 155 Å². The quantitative estimate of drug-likeness (QED) is 0.573. The molecule has 0 radical (unpaired) electrons. The second-order valence-corrected chi connectivity index (χ2v) is 7.07. The lowest BCUT2D eigenvalue weighted by molar-refractivity contribution is -0.198. The van der Waals surface area contributed by atoms with E-state index in [0.717, 1.165) is 12.8 Å². The van der Waals surface area contributed by atoms with Crippen LogP contribution in [-0.4, -0.2) is 17.8 Å². The molecule has 0 N–H and O–H groups in total. The first-order valence-electron chi connectivity index (χ1n) is 8.41. The summed E-state index contributed by atoms with van der Waals surface area (Å²) in [6.45, 7) is 4.67. The summed E-state index contributed by atoms with van der Waals surface area (Å²) in [6.07, 6.45) is -2.14. The third-order valence-corrected chi connectivity index (χ3v) is 4.48. The van der Waals surface area contributed by atoms with Gasteiger partial charge in [-0.05, 0) is 36.5 Å². The molecule has 3 nitrogen and oxygen atoms in total. The van der Waals surface area contributed by atoms with Gasteiger partial charge in [-0.15, -0.1) is 0 Å². The van der Waals surface area contributed by atoms with E-state index >= 15 is 0 Å². The van der Waals surface area contributed by atoms with Gasteiger partial charge in [0.25, 0.3) is 0 Å². The number of pyridine rings is 1. The Morgan fingerprint density at radius 3 is 2.73 bits per heavy atom. The van der Waals surface area contributed by atoms with Crippen molar-refractivity contribution >= 4 is 11.6 Å². The van der Waals surface area contributed by atoms with Crippen LogP contribution in [0.5, 0.6) is 11.5 Å².